The molecule has 0 aliphatic heterocycles. The van der Waals surface area contributed by atoms with Gasteiger partial charge in [0, 0.05) is 30.3 Å². The third-order valence-corrected chi connectivity index (χ3v) is 1.90. The predicted molar refractivity (Wildman–Crippen MR) is 45.8 cm³/mol. The van der Waals surface area contributed by atoms with Crippen molar-refractivity contribution in [1.29, 1.82) is 0 Å². The Balaban J connectivity index is 0.00000121. The Morgan fingerprint density at radius 3 is 2.42 bits per heavy atom. The molecule has 0 bridgehead atoms. The fourth-order valence-corrected chi connectivity index (χ4v) is 1.27. The van der Waals surface area contributed by atoms with Gasteiger partial charge in [0.05, 0.1) is 0 Å². The van der Waals surface area contributed by atoms with E-state index in [1.54, 1.807) is 6.20 Å². The summed E-state index contributed by atoms with van der Waals surface area (Å²) in [5.41, 5.74) is 2.15. The molecule has 0 amide bonds. The SMILES string of the molecule is CCc1cc[nH]c(=O)c1CC.[V]. The van der Waals surface area contributed by atoms with E-state index in [1.165, 1.54) is 0 Å². The maximum atomic E-state index is 11.2. The van der Waals surface area contributed by atoms with E-state index >= 15 is 0 Å². The van der Waals surface area contributed by atoms with Crippen LogP contribution in [0.2, 0.25) is 0 Å². The second-order valence-corrected chi connectivity index (χ2v) is 2.52. The molecule has 0 fully saturated rings. The molecule has 12 heavy (non-hydrogen) atoms. The molecule has 0 spiro atoms. The van der Waals surface area contributed by atoms with Crippen molar-refractivity contribution in [3.63, 3.8) is 0 Å². The van der Waals surface area contributed by atoms with Crippen LogP contribution in [0.25, 0.3) is 0 Å². The van der Waals surface area contributed by atoms with Gasteiger partial charge in [0.1, 0.15) is 0 Å². The van der Waals surface area contributed by atoms with Gasteiger partial charge in [-0.25, -0.2) is 0 Å². The molecule has 1 aromatic rings. The molecule has 0 saturated carbocycles. The van der Waals surface area contributed by atoms with Gasteiger partial charge in [-0.2, -0.15) is 0 Å². The minimum atomic E-state index is 0. The molecule has 3 heteroatoms. The summed E-state index contributed by atoms with van der Waals surface area (Å²) in [6.45, 7) is 4.07. The summed E-state index contributed by atoms with van der Waals surface area (Å²) >= 11 is 0. The Morgan fingerprint density at radius 2 is 2.00 bits per heavy atom. The van der Waals surface area contributed by atoms with E-state index in [4.69, 9.17) is 0 Å². The third kappa shape index (κ3) is 2.26. The number of nitrogens with one attached hydrogen (secondary N) is 1. The molecule has 0 aliphatic carbocycles. The molecule has 0 atom stereocenters. The van der Waals surface area contributed by atoms with Crippen LogP contribution in [-0.4, -0.2) is 4.98 Å². The quantitative estimate of drug-likeness (QED) is 0.774. The van der Waals surface area contributed by atoms with Gasteiger partial charge >= 0.3 is 0 Å². The Bertz CT molecular complexity index is 293. The molecule has 2 nitrogen and oxygen atoms in total. The van der Waals surface area contributed by atoms with Gasteiger partial charge in [0.2, 0.25) is 0 Å². The van der Waals surface area contributed by atoms with Gasteiger partial charge < -0.3 is 4.98 Å². The molecule has 1 heterocycles. The van der Waals surface area contributed by atoms with Gasteiger partial charge in [-0.1, -0.05) is 13.8 Å². The Hall–Kier alpha value is -0.466. The van der Waals surface area contributed by atoms with E-state index in [1.807, 2.05) is 13.0 Å². The van der Waals surface area contributed by atoms with Crippen LogP contribution < -0.4 is 5.56 Å². The zero-order chi connectivity index (χ0) is 8.27. The van der Waals surface area contributed by atoms with E-state index in [2.05, 4.69) is 11.9 Å². The number of aryl methyl sites for hydroxylation is 1. The monoisotopic (exact) mass is 202 g/mol. The first-order chi connectivity index (χ1) is 5.29. The number of aromatic amines is 1. The van der Waals surface area contributed by atoms with Crippen LogP contribution in [-0.2, 0) is 31.4 Å². The van der Waals surface area contributed by atoms with Crippen molar-refractivity contribution < 1.29 is 18.6 Å². The molecular weight excluding hydrogens is 189 g/mol. The first-order valence-electron chi connectivity index (χ1n) is 3.99. The van der Waals surface area contributed by atoms with Crippen molar-refractivity contribution in [2.45, 2.75) is 26.7 Å². The van der Waals surface area contributed by atoms with Crippen molar-refractivity contribution >= 4 is 0 Å². The summed E-state index contributed by atoms with van der Waals surface area (Å²) in [5, 5.41) is 0. The molecule has 65 valence electrons. The zero-order valence-electron chi connectivity index (χ0n) is 7.42. The maximum Gasteiger partial charge on any atom is 0.251 e. The maximum absolute atomic E-state index is 11.2. The fraction of sp³-hybridized carbons (Fsp3) is 0.444. The number of H-pyrrole nitrogens is 1. The Kier molecular flexibility index (Phi) is 5.02. The molecule has 1 rings (SSSR count). The number of hydrogen-bond donors (Lipinski definition) is 1. The van der Waals surface area contributed by atoms with Crippen LogP contribution >= 0.6 is 0 Å². The number of hydrogen-bond acceptors (Lipinski definition) is 1. The molecule has 1 aromatic heterocycles. The largest absolute Gasteiger partial charge is 0.329 e. The first-order valence-corrected chi connectivity index (χ1v) is 3.99. The summed E-state index contributed by atoms with van der Waals surface area (Å²) in [7, 11) is 0. The fourth-order valence-electron chi connectivity index (χ4n) is 1.27. The van der Waals surface area contributed by atoms with Gasteiger partial charge in [0.25, 0.3) is 5.56 Å². The molecule has 0 aromatic carbocycles. The van der Waals surface area contributed by atoms with E-state index in [9.17, 15) is 4.79 Å². The smallest absolute Gasteiger partial charge is 0.251 e. The summed E-state index contributed by atoms with van der Waals surface area (Å²) in [6.07, 6.45) is 3.47. The van der Waals surface area contributed by atoms with Crippen LogP contribution in [0, 0.1) is 0 Å². The topological polar surface area (TPSA) is 32.9 Å². The van der Waals surface area contributed by atoms with Gasteiger partial charge in [0.15, 0.2) is 0 Å². The van der Waals surface area contributed by atoms with Crippen LogP contribution in [0.3, 0.4) is 0 Å². The molecule has 0 saturated heterocycles. The summed E-state index contributed by atoms with van der Waals surface area (Å²) in [6, 6.07) is 1.97. The Morgan fingerprint density at radius 1 is 1.33 bits per heavy atom. The number of aromatic nitrogens is 1. The van der Waals surface area contributed by atoms with Crippen molar-refractivity contribution in [3.8, 4) is 0 Å². The molecule has 1 N–H and O–H groups in total. The number of pyridine rings is 1. The van der Waals surface area contributed by atoms with Crippen LogP contribution in [0.4, 0.5) is 0 Å². The molecule has 0 aliphatic rings. The molecule has 0 unspecified atom stereocenters. The van der Waals surface area contributed by atoms with Gasteiger partial charge in [-0.3, -0.25) is 4.79 Å². The van der Waals surface area contributed by atoms with E-state index < -0.39 is 0 Å². The van der Waals surface area contributed by atoms with Crippen LogP contribution in [0.5, 0.6) is 0 Å². The number of rotatable bonds is 2. The summed E-state index contributed by atoms with van der Waals surface area (Å²) in [5.74, 6) is 0. The van der Waals surface area contributed by atoms with E-state index in [0.29, 0.717) is 0 Å². The van der Waals surface area contributed by atoms with Gasteiger partial charge in [-0.15, -0.1) is 0 Å². The normalized spacial score (nSPS) is 9.17. The second kappa shape index (κ2) is 5.23. The summed E-state index contributed by atoms with van der Waals surface area (Å²) < 4.78 is 0. The zero-order valence-corrected chi connectivity index (χ0v) is 8.82. The average molecular weight is 202 g/mol. The van der Waals surface area contributed by atoms with Crippen LogP contribution in [0.1, 0.15) is 25.0 Å². The minimum absolute atomic E-state index is 0. The third-order valence-electron chi connectivity index (χ3n) is 1.90. The second-order valence-electron chi connectivity index (χ2n) is 2.52. The Labute approximate surface area is 84.3 Å². The van der Waals surface area contributed by atoms with Crippen LogP contribution in [0.15, 0.2) is 17.1 Å². The van der Waals surface area contributed by atoms with Gasteiger partial charge in [-0.05, 0) is 24.5 Å². The van der Waals surface area contributed by atoms with Crippen molar-refractivity contribution in [3.05, 3.63) is 33.7 Å². The van der Waals surface area contributed by atoms with Crippen molar-refractivity contribution in [1.82, 2.24) is 4.98 Å². The molecule has 1 radical (unpaired) electrons. The average Bonchev–Trinajstić information content (AvgIpc) is 2.04. The standard InChI is InChI=1S/C9H13NO.V/c1-3-7-5-6-10-9(11)8(7)4-2;/h5-6H,3-4H2,1-2H3,(H,10,11);. The van der Waals surface area contributed by atoms with E-state index in [-0.39, 0.29) is 24.1 Å². The minimum Gasteiger partial charge on any atom is -0.329 e. The van der Waals surface area contributed by atoms with E-state index in [0.717, 1.165) is 24.0 Å². The molecular formula is C9H13NOV. The summed E-state index contributed by atoms with van der Waals surface area (Å²) in [4.78, 5) is 13.8. The predicted octanol–water partition coefficient (Wildman–Crippen LogP) is 1.50. The van der Waals surface area contributed by atoms with Crippen molar-refractivity contribution in [2.24, 2.45) is 0 Å². The first kappa shape index (κ1) is 11.5. The van der Waals surface area contributed by atoms with Crippen molar-refractivity contribution in [2.75, 3.05) is 0 Å².